The van der Waals surface area contributed by atoms with E-state index in [2.05, 4.69) is 26.9 Å². The Kier molecular flexibility index (Phi) is 4.44. The summed E-state index contributed by atoms with van der Waals surface area (Å²) < 4.78 is 16.3. The third kappa shape index (κ3) is 3.08. The third-order valence-corrected chi connectivity index (χ3v) is 7.97. The molecule has 4 atom stereocenters. The topological polar surface area (TPSA) is 41.4 Å². The number of pyridine rings is 2. The molecular formula is C24H29FN4O. The van der Waals surface area contributed by atoms with Gasteiger partial charge in [-0.2, -0.15) is 0 Å². The smallest absolute Gasteiger partial charge is 0.255 e. The van der Waals surface area contributed by atoms with Crippen molar-refractivity contribution in [2.45, 2.75) is 44.7 Å². The molecule has 0 radical (unpaired) electrons. The number of nitrogens with zero attached hydrogens (tertiary/aromatic N) is 4. The molecule has 1 saturated carbocycles. The Morgan fingerprint density at radius 2 is 1.87 bits per heavy atom. The first-order valence-corrected chi connectivity index (χ1v) is 11.4. The van der Waals surface area contributed by atoms with E-state index in [-0.39, 0.29) is 17.3 Å². The molecule has 0 spiro atoms. The maximum atomic E-state index is 14.3. The van der Waals surface area contributed by atoms with Gasteiger partial charge < -0.3 is 9.47 Å². The van der Waals surface area contributed by atoms with Crippen LogP contribution in [0.25, 0.3) is 0 Å². The molecule has 2 bridgehead atoms. The van der Waals surface area contributed by atoms with Crippen molar-refractivity contribution in [2.24, 2.45) is 17.8 Å². The van der Waals surface area contributed by atoms with Crippen molar-refractivity contribution in [3.63, 3.8) is 0 Å². The van der Waals surface area contributed by atoms with Crippen LogP contribution in [-0.2, 0) is 13.1 Å². The fourth-order valence-corrected chi connectivity index (χ4v) is 6.63. The zero-order valence-corrected chi connectivity index (χ0v) is 17.3. The maximum Gasteiger partial charge on any atom is 0.255 e. The van der Waals surface area contributed by atoms with E-state index in [1.54, 1.807) is 12.3 Å². The van der Waals surface area contributed by atoms with Crippen LogP contribution >= 0.6 is 0 Å². The molecule has 5 nitrogen and oxygen atoms in total. The summed E-state index contributed by atoms with van der Waals surface area (Å²) in [6, 6.07) is 5.99. The molecule has 2 aromatic heterocycles. The fraction of sp³-hybridized carbons (Fsp3) is 0.583. The summed E-state index contributed by atoms with van der Waals surface area (Å²) in [4.78, 5) is 21.9. The van der Waals surface area contributed by atoms with E-state index in [1.165, 1.54) is 25.5 Å². The fourth-order valence-electron chi connectivity index (χ4n) is 6.63. The molecular weight excluding hydrogens is 379 g/mol. The second-order valence-electron chi connectivity index (χ2n) is 9.88. The number of halogens is 1. The van der Waals surface area contributed by atoms with Gasteiger partial charge in [0.2, 0.25) is 0 Å². The Morgan fingerprint density at radius 3 is 2.67 bits per heavy atom. The van der Waals surface area contributed by atoms with Crippen molar-refractivity contribution in [3.8, 4) is 0 Å². The first-order chi connectivity index (χ1) is 14.7. The van der Waals surface area contributed by atoms with E-state index in [0.717, 1.165) is 68.8 Å². The van der Waals surface area contributed by atoms with Crippen LogP contribution in [0, 0.1) is 23.6 Å². The van der Waals surface area contributed by atoms with E-state index >= 15 is 0 Å². The van der Waals surface area contributed by atoms with Crippen LogP contribution in [0.4, 0.5) is 10.1 Å². The summed E-state index contributed by atoms with van der Waals surface area (Å²) in [7, 11) is 0. The average molecular weight is 409 g/mol. The zero-order chi connectivity index (χ0) is 20.2. The highest BCUT2D eigenvalue weighted by Crippen LogP contribution is 2.39. The van der Waals surface area contributed by atoms with Crippen LogP contribution in [0.1, 0.15) is 42.9 Å². The highest BCUT2D eigenvalue weighted by Gasteiger charge is 2.38. The van der Waals surface area contributed by atoms with E-state index in [1.807, 2.05) is 4.57 Å². The molecule has 4 aliphatic rings. The minimum Gasteiger partial charge on any atom is -0.368 e. The number of likely N-dealkylation sites (tertiary alicyclic amines) is 1. The zero-order valence-electron chi connectivity index (χ0n) is 17.3. The van der Waals surface area contributed by atoms with Crippen LogP contribution in [-0.4, -0.2) is 40.6 Å². The van der Waals surface area contributed by atoms with Crippen LogP contribution in [0.3, 0.4) is 0 Å². The molecule has 6 heteroatoms. The predicted molar refractivity (Wildman–Crippen MR) is 114 cm³/mol. The normalized spacial score (nSPS) is 30.4. The number of aromatic nitrogens is 2. The Balaban J connectivity index is 1.24. The molecule has 158 valence electrons. The van der Waals surface area contributed by atoms with Crippen molar-refractivity contribution in [2.75, 3.05) is 31.1 Å². The van der Waals surface area contributed by atoms with Crippen molar-refractivity contribution < 1.29 is 4.39 Å². The van der Waals surface area contributed by atoms with Gasteiger partial charge in [0.1, 0.15) is 0 Å². The highest BCUT2D eigenvalue weighted by molar-refractivity contribution is 5.47. The van der Waals surface area contributed by atoms with Gasteiger partial charge in [-0.1, -0.05) is 12.5 Å². The van der Waals surface area contributed by atoms with Gasteiger partial charge in [0, 0.05) is 62.6 Å². The van der Waals surface area contributed by atoms with E-state index in [0.29, 0.717) is 11.6 Å². The highest BCUT2D eigenvalue weighted by atomic mass is 19.1. The number of fused-ring (bicyclic) bond motifs is 5. The van der Waals surface area contributed by atoms with Crippen molar-refractivity contribution in [1.29, 1.82) is 0 Å². The number of hydrogen-bond acceptors (Lipinski definition) is 4. The molecule has 0 N–H and O–H groups in total. The first-order valence-electron chi connectivity index (χ1n) is 11.4. The molecule has 3 aliphatic heterocycles. The molecule has 30 heavy (non-hydrogen) atoms. The molecule has 0 aromatic carbocycles. The SMILES string of the molecule is O=c1c(CN2C[C@H]3CCC[C@H]3C2)ccc2n1C[C@H]1C[C@@H]2CN(c2ccncc2F)C1. The first kappa shape index (κ1) is 18.6. The molecule has 5 heterocycles. The summed E-state index contributed by atoms with van der Waals surface area (Å²) in [5.74, 6) is 2.09. The lowest BCUT2D eigenvalue weighted by Crippen LogP contribution is -2.48. The van der Waals surface area contributed by atoms with Gasteiger partial charge in [-0.05, 0) is 49.1 Å². The Labute approximate surface area is 176 Å². The second kappa shape index (κ2) is 7.19. The monoisotopic (exact) mass is 408 g/mol. The Morgan fingerprint density at radius 1 is 1.03 bits per heavy atom. The molecule has 2 saturated heterocycles. The Bertz CT molecular complexity index is 1010. The van der Waals surface area contributed by atoms with Crippen LogP contribution in [0.5, 0.6) is 0 Å². The lowest BCUT2D eigenvalue weighted by Gasteiger charge is -2.44. The minimum atomic E-state index is -0.263. The predicted octanol–water partition coefficient (Wildman–Crippen LogP) is 3.24. The lowest BCUT2D eigenvalue weighted by atomic mass is 9.82. The van der Waals surface area contributed by atoms with Crippen molar-refractivity contribution >= 4 is 5.69 Å². The van der Waals surface area contributed by atoms with Crippen LogP contribution < -0.4 is 10.5 Å². The van der Waals surface area contributed by atoms with Crippen LogP contribution in [0.2, 0.25) is 0 Å². The summed E-state index contributed by atoms with van der Waals surface area (Å²) in [6.45, 7) is 5.39. The second-order valence-corrected chi connectivity index (χ2v) is 9.88. The number of piperidine rings is 1. The van der Waals surface area contributed by atoms with Gasteiger partial charge in [0.05, 0.1) is 11.9 Å². The maximum absolute atomic E-state index is 14.3. The summed E-state index contributed by atoms with van der Waals surface area (Å²) >= 11 is 0. The van der Waals surface area contributed by atoms with E-state index in [4.69, 9.17) is 0 Å². The van der Waals surface area contributed by atoms with E-state index < -0.39 is 0 Å². The van der Waals surface area contributed by atoms with Crippen molar-refractivity contribution in [3.05, 3.63) is 58.0 Å². The molecule has 2 aromatic rings. The lowest BCUT2D eigenvalue weighted by molar-refractivity contribution is 0.274. The number of anilines is 1. The van der Waals surface area contributed by atoms with Crippen LogP contribution in [0.15, 0.2) is 35.4 Å². The van der Waals surface area contributed by atoms with Gasteiger partial charge in [-0.15, -0.1) is 0 Å². The average Bonchev–Trinajstić information content (AvgIpc) is 3.32. The third-order valence-electron chi connectivity index (χ3n) is 7.97. The van der Waals surface area contributed by atoms with Gasteiger partial charge in [0.25, 0.3) is 5.56 Å². The minimum absolute atomic E-state index is 0.197. The molecule has 0 amide bonds. The summed E-state index contributed by atoms with van der Waals surface area (Å²) in [6.07, 6.45) is 8.13. The number of rotatable bonds is 3. The summed E-state index contributed by atoms with van der Waals surface area (Å²) in [5.41, 5.74) is 2.89. The van der Waals surface area contributed by atoms with Crippen molar-refractivity contribution in [1.82, 2.24) is 14.5 Å². The molecule has 0 unspecified atom stereocenters. The number of hydrogen-bond donors (Lipinski definition) is 0. The molecule has 6 rings (SSSR count). The quantitative estimate of drug-likeness (QED) is 0.782. The van der Waals surface area contributed by atoms with Gasteiger partial charge >= 0.3 is 0 Å². The van der Waals surface area contributed by atoms with Gasteiger partial charge in [0.15, 0.2) is 5.82 Å². The van der Waals surface area contributed by atoms with Gasteiger partial charge in [-0.3, -0.25) is 14.7 Å². The largest absolute Gasteiger partial charge is 0.368 e. The van der Waals surface area contributed by atoms with E-state index in [9.17, 15) is 9.18 Å². The standard InChI is InChI=1S/C24H29FN4O/c25-21-9-26-7-6-23(21)28-10-16-8-20(15-28)22-5-4-19(24(30)29(22)11-16)14-27-12-17-2-1-3-18(17)13-27/h4-7,9,16-18,20H,1-3,8,10-15H2/t16-,17-,18+,20+/m0/s1. The molecule has 3 fully saturated rings. The molecule has 1 aliphatic carbocycles. The van der Waals surface area contributed by atoms with Gasteiger partial charge in [-0.25, -0.2) is 4.39 Å². The Hall–Kier alpha value is -2.21. The summed E-state index contributed by atoms with van der Waals surface area (Å²) in [5, 5.41) is 0.